The zero-order chi connectivity index (χ0) is 7.70. The first-order valence-corrected chi connectivity index (χ1v) is 2.66. The number of carboxylic acids is 1. The Bertz CT molecular complexity index is 99.2. The van der Waals surface area contributed by atoms with E-state index in [0.29, 0.717) is 0 Å². The Labute approximate surface area is 59.4 Å². The van der Waals surface area contributed by atoms with Crippen LogP contribution in [0.1, 0.15) is 6.42 Å². The number of rotatable bonds is 2. The lowest BCUT2D eigenvalue weighted by atomic mass is 10.4. The van der Waals surface area contributed by atoms with Crippen LogP contribution in [0.4, 0.5) is 0 Å². The second kappa shape index (κ2) is 10.3. The molecule has 9 heavy (non-hydrogen) atoms. The van der Waals surface area contributed by atoms with Gasteiger partial charge in [0.15, 0.2) is 0 Å². The van der Waals surface area contributed by atoms with Gasteiger partial charge in [0.2, 0.25) is 0 Å². The predicted octanol–water partition coefficient (Wildman–Crippen LogP) is 2.02. The molecular weight excluding hydrogens is 140 g/mol. The molecule has 1 N–H and O–H groups in total. The first kappa shape index (κ1) is 11.1. The fourth-order valence-corrected chi connectivity index (χ4v) is 0.123. The first-order chi connectivity index (χ1) is 4.18. The van der Waals surface area contributed by atoms with E-state index in [1.807, 2.05) is 0 Å². The van der Waals surface area contributed by atoms with Crippen molar-refractivity contribution < 1.29 is 9.90 Å². The van der Waals surface area contributed by atoms with Gasteiger partial charge in [-0.25, -0.2) is 0 Å². The summed E-state index contributed by atoms with van der Waals surface area (Å²) in [5.74, 6) is -0.829. The zero-order valence-corrected chi connectivity index (χ0v) is 5.77. The molecule has 0 aromatic rings. The Morgan fingerprint density at radius 1 is 1.67 bits per heavy atom. The average Bonchev–Trinajstić information content (AvgIpc) is 1.67. The summed E-state index contributed by atoms with van der Waals surface area (Å²) in [5, 5.41) is 7.84. The average molecular weight is 149 g/mol. The van der Waals surface area contributed by atoms with Crippen molar-refractivity contribution in [2.45, 2.75) is 6.42 Å². The van der Waals surface area contributed by atoms with Crippen molar-refractivity contribution in [2.24, 2.45) is 0 Å². The molecule has 0 fully saturated rings. The monoisotopic (exact) mass is 148 g/mol. The van der Waals surface area contributed by atoms with Gasteiger partial charge in [-0.3, -0.25) is 4.79 Å². The van der Waals surface area contributed by atoms with E-state index in [4.69, 9.17) is 16.7 Å². The van der Waals surface area contributed by atoms with Crippen LogP contribution in [-0.2, 0) is 4.79 Å². The van der Waals surface area contributed by atoms with Gasteiger partial charge < -0.3 is 5.11 Å². The molecule has 2 nitrogen and oxygen atoms in total. The molecule has 0 atom stereocenters. The van der Waals surface area contributed by atoms with Crippen molar-refractivity contribution in [3.63, 3.8) is 0 Å². The Balaban J connectivity index is 0. The van der Waals surface area contributed by atoms with Crippen molar-refractivity contribution in [1.29, 1.82) is 0 Å². The predicted molar refractivity (Wildman–Crippen MR) is 38.5 cm³/mol. The van der Waals surface area contributed by atoms with E-state index in [2.05, 4.69) is 13.2 Å². The van der Waals surface area contributed by atoms with Crippen molar-refractivity contribution in [3.8, 4) is 0 Å². The second-order valence-corrected chi connectivity index (χ2v) is 1.35. The van der Waals surface area contributed by atoms with E-state index in [9.17, 15) is 4.79 Å². The van der Waals surface area contributed by atoms with Gasteiger partial charge >= 0.3 is 5.97 Å². The molecule has 0 aromatic heterocycles. The highest BCUT2D eigenvalue weighted by Gasteiger charge is 1.84. The summed E-state index contributed by atoms with van der Waals surface area (Å²) in [6, 6.07) is 0. The zero-order valence-electron chi connectivity index (χ0n) is 5.01. The molecule has 0 saturated heterocycles. The van der Waals surface area contributed by atoms with Gasteiger partial charge in [0.1, 0.15) is 0 Å². The number of aliphatic carboxylic acids is 1. The fourth-order valence-electron chi connectivity index (χ4n) is 0.123. The van der Waals surface area contributed by atoms with Crippen LogP contribution in [0.3, 0.4) is 0 Å². The van der Waals surface area contributed by atoms with E-state index >= 15 is 0 Å². The summed E-state index contributed by atoms with van der Waals surface area (Å²) in [7, 11) is 0. The summed E-state index contributed by atoms with van der Waals surface area (Å²) in [4.78, 5) is 9.53. The van der Waals surface area contributed by atoms with E-state index in [1.54, 1.807) is 0 Å². The van der Waals surface area contributed by atoms with Crippen LogP contribution in [0, 0.1) is 0 Å². The standard InChI is InChI=1S/C4H6O2.C2H3Cl/c1-2-3-4(5)6;1-2-3/h2H,1,3H2,(H,5,6);2H,1H2. The number of carbonyl (C=O) groups is 1. The molecule has 0 heterocycles. The Hall–Kier alpha value is -0.760. The Morgan fingerprint density at radius 2 is 2.00 bits per heavy atom. The number of hydrogen-bond acceptors (Lipinski definition) is 1. The Morgan fingerprint density at radius 3 is 2.00 bits per heavy atom. The minimum atomic E-state index is -0.829. The highest BCUT2D eigenvalue weighted by atomic mass is 35.5. The van der Waals surface area contributed by atoms with E-state index < -0.39 is 5.97 Å². The largest absolute Gasteiger partial charge is 0.481 e. The van der Waals surface area contributed by atoms with Gasteiger partial charge in [0.25, 0.3) is 0 Å². The summed E-state index contributed by atoms with van der Waals surface area (Å²) >= 11 is 4.76. The molecule has 0 aromatic carbocycles. The van der Waals surface area contributed by atoms with Crippen molar-refractivity contribution >= 4 is 17.6 Å². The van der Waals surface area contributed by atoms with Gasteiger partial charge in [0.05, 0.1) is 6.42 Å². The molecule has 0 spiro atoms. The quantitative estimate of drug-likeness (QED) is 0.609. The van der Waals surface area contributed by atoms with E-state index in [1.165, 1.54) is 11.6 Å². The highest BCUT2D eigenvalue weighted by Crippen LogP contribution is 1.74. The van der Waals surface area contributed by atoms with Gasteiger partial charge in [-0.1, -0.05) is 24.3 Å². The second-order valence-electron chi connectivity index (χ2n) is 1.04. The van der Waals surface area contributed by atoms with Crippen molar-refractivity contribution in [3.05, 3.63) is 24.8 Å². The fraction of sp³-hybridized carbons (Fsp3) is 0.167. The molecule has 0 unspecified atom stereocenters. The smallest absolute Gasteiger partial charge is 0.307 e. The highest BCUT2D eigenvalue weighted by molar-refractivity contribution is 6.25. The summed E-state index contributed by atoms with van der Waals surface area (Å²) in [5.41, 5.74) is 1.22. The van der Waals surface area contributed by atoms with Crippen LogP contribution in [0.5, 0.6) is 0 Å². The van der Waals surface area contributed by atoms with E-state index in [0.717, 1.165) is 0 Å². The first-order valence-electron chi connectivity index (χ1n) is 2.22. The van der Waals surface area contributed by atoms with E-state index in [-0.39, 0.29) is 6.42 Å². The molecule has 3 heteroatoms. The lowest BCUT2D eigenvalue weighted by molar-refractivity contribution is -0.135. The molecular formula is C6H9ClO2. The van der Waals surface area contributed by atoms with Crippen LogP contribution in [0.2, 0.25) is 0 Å². The van der Waals surface area contributed by atoms with Crippen LogP contribution < -0.4 is 0 Å². The third-order valence-electron chi connectivity index (χ3n) is 0.319. The van der Waals surface area contributed by atoms with Crippen molar-refractivity contribution in [2.75, 3.05) is 0 Å². The van der Waals surface area contributed by atoms with Crippen LogP contribution in [0.15, 0.2) is 24.8 Å². The number of hydrogen-bond donors (Lipinski definition) is 1. The van der Waals surface area contributed by atoms with Crippen LogP contribution in [-0.4, -0.2) is 11.1 Å². The molecule has 52 valence electrons. The lowest BCUT2D eigenvalue weighted by Gasteiger charge is -1.75. The lowest BCUT2D eigenvalue weighted by Crippen LogP contribution is -1.88. The van der Waals surface area contributed by atoms with Crippen LogP contribution in [0.25, 0.3) is 0 Å². The normalized spacial score (nSPS) is 6.33. The van der Waals surface area contributed by atoms with Crippen LogP contribution >= 0.6 is 11.6 Å². The Kier molecular flexibility index (Phi) is 12.7. The van der Waals surface area contributed by atoms with Gasteiger partial charge in [-0.15, -0.1) is 6.58 Å². The third-order valence-corrected chi connectivity index (χ3v) is 0.319. The summed E-state index contributed by atoms with van der Waals surface area (Å²) in [6.45, 7) is 6.35. The van der Waals surface area contributed by atoms with Gasteiger partial charge in [-0.2, -0.15) is 0 Å². The molecule has 0 amide bonds. The third kappa shape index (κ3) is 39.6. The number of halogens is 1. The minimum Gasteiger partial charge on any atom is -0.481 e. The molecule has 0 aliphatic rings. The maximum Gasteiger partial charge on any atom is 0.307 e. The summed E-state index contributed by atoms with van der Waals surface area (Å²) in [6.07, 6.45) is 1.41. The van der Waals surface area contributed by atoms with Gasteiger partial charge in [-0.05, 0) is 5.54 Å². The topological polar surface area (TPSA) is 37.3 Å². The molecule has 0 bridgehead atoms. The molecule has 0 radical (unpaired) electrons. The number of carboxylic acid groups (broad SMARTS) is 1. The van der Waals surface area contributed by atoms with Crippen molar-refractivity contribution in [1.82, 2.24) is 0 Å². The molecule has 0 saturated carbocycles. The minimum absolute atomic E-state index is 0.0556. The molecule has 0 aliphatic carbocycles. The maximum absolute atomic E-state index is 9.53. The van der Waals surface area contributed by atoms with Gasteiger partial charge in [0, 0.05) is 0 Å². The maximum atomic E-state index is 9.53. The molecule has 0 aliphatic heterocycles. The SMILES string of the molecule is C=CCC(=O)O.C=CCl. The summed E-state index contributed by atoms with van der Waals surface area (Å²) < 4.78 is 0. The molecule has 0 rings (SSSR count).